The number of aromatic nitrogens is 2. The van der Waals surface area contributed by atoms with Crippen molar-refractivity contribution in [3.8, 4) is 11.6 Å². The lowest BCUT2D eigenvalue weighted by molar-refractivity contribution is 0.112. The Morgan fingerprint density at radius 1 is 1.05 bits per heavy atom. The average molecular weight is 298 g/mol. The third-order valence-electron chi connectivity index (χ3n) is 3.68. The lowest BCUT2D eigenvalue weighted by atomic mass is 10.2. The molecule has 6 nitrogen and oxygen atoms in total. The van der Waals surface area contributed by atoms with Crippen LogP contribution in [0.15, 0.2) is 36.7 Å². The fourth-order valence-corrected chi connectivity index (χ4v) is 2.35. The second-order valence-electron chi connectivity index (χ2n) is 5.26. The first kappa shape index (κ1) is 14.5. The van der Waals surface area contributed by atoms with Crippen molar-refractivity contribution in [3.05, 3.63) is 42.2 Å². The number of nitrogens with zero attached hydrogens (tertiary/aromatic N) is 4. The summed E-state index contributed by atoms with van der Waals surface area (Å²) in [7, 11) is 2.11. The summed E-state index contributed by atoms with van der Waals surface area (Å²) in [6, 6.07) is 6.95. The molecule has 0 unspecified atom stereocenters. The Morgan fingerprint density at radius 2 is 1.73 bits per heavy atom. The lowest BCUT2D eigenvalue weighted by Crippen LogP contribution is -2.45. The van der Waals surface area contributed by atoms with Crippen LogP contribution in [-0.4, -0.2) is 54.4 Å². The first-order valence-corrected chi connectivity index (χ1v) is 7.24. The predicted octanol–water partition coefficient (Wildman–Crippen LogP) is 1.83. The normalized spacial score (nSPS) is 15.6. The van der Waals surface area contributed by atoms with Crippen LogP contribution in [-0.2, 0) is 0 Å². The van der Waals surface area contributed by atoms with Gasteiger partial charge in [0, 0.05) is 44.1 Å². The molecule has 2 heterocycles. The van der Waals surface area contributed by atoms with Crippen LogP contribution in [0.1, 0.15) is 10.4 Å². The summed E-state index contributed by atoms with van der Waals surface area (Å²) in [5.41, 5.74) is 0.616. The summed E-state index contributed by atoms with van der Waals surface area (Å²) >= 11 is 0. The van der Waals surface area contributed by atoms with Crippen LogP contribution in [0.3, 0.4) is 0 Å². The van der Waals surface area contributed by atoms with Crippen molar-refractivity contribution in [1.82, 2.24) is 14.9 Å². The second-order valence-corrected chi connectivity index (χ2v) is 5.26. The minimum atomic E-state index is 0.492. The highest BCUT2D eigenvalue weighted by Gasteiger charge is 2.20. The van der Waals surface area contributed by atoms with Crippen molar-refractivity contribution in [1.29, 1.82) is 0 Å². The molecule has 0 saturated carbocycles. The van der Waals surface area contributed by atoms with E-state index in [4.69, 9.17) is 4.74 Å². The van der Waals surface area contributed by atoms with Gasteiger partial charge in [-0.1, -0.05) is 0 Å². The van der Waals surface area contributed by atoms with Gasteiger partial charge in [-0.25, -0.2) is 9.97 Å². The minimum Gasteiger partial charge on any atom is -0.436 e. The zero-order valence-electron chi connectivity index (χ0n) is 12.5. The molecule has 1 fully saturated rings. The number of rotatable bonds is 4. The minimum absolute atomic E-state index is 0.492. The standard InChI is InChI=1S/C16H18N4O2/c1-19-8-10-20(11-9-19)15-16(18-7-6-17-15)22-14-4-2-13(12-21)3-5-14/h2-7,12H,8-11H2,1H3. The van der Waals surface area contributed by atoms with Crippen molar-refractivity contribution in [2.75, 3.05) is 38.1 Å². The van der Waals surface area contributed by atoms with E-state index in [0.717, 1.165) is 38.3 Å². The van der Waals surface area contributed by atoms with E-state index in [1.165, 1.54) is 0 Å². The maximum absolute atomic E-state index is 10.7. The molecule has 6 heteroatoms. The Bertz CT molecular complexity index is 637. The molecule has 3 rings (SSSR count). The van der Waals surface area contributed by atoms with Crippen molar-refractivity contribution in [3.63, 3.8) is 0 Å². The van der Waals surface area contributed by atoms with E-state index < -0.39 is 0 Å². The Kier molecular flexibility index (Phi) is 4.29. The van der Waals surface area contributed by atoms with Gasteiger partial charge in [0.2, 0.25) is 0 Å². The van der Waals surface area contributed by atoms with Crippen molar-refractivity contribution < 1.29 is 9.53 Å². The zero-order chi connectivity index (χ0) is 15.4. The summed E-state index contributed by atoms with van der Waals surface area (Å²) in [4.78, 5) is 23.9. The van der Waals surface area contributed by atoms with Crippen molar-refractivity contribution >= 4 is 12.1 Å². The maximum atomic E-state index is 10.7. The fraction of sp³-hybridized carbons (Fsp3) is 0.312. The van der Waals surface area contributed by atoms with Crippen LogP contribution in [0.5, 0.6) is 11.6 Å². The predicted molar refractivity (Wildman–Crippen MR) is 83.6 cm³/mol. The number of piperazine rings is 1. The van der Waals surface area contributed by atoms with Crippen LogP contribution in [0, 0.1) is 0 Å². The second kappa shape index (κ2) is 6.53. The smallest absolute Gasteiger partial charge is 0.263 e. The molecule has 1 aromatic heterocycles. The molecule has 0 radical (unpaired) electrons. The number of anilines is 1. The quantitative estimate of drug-likeness (QED) is 0.803. The molecule has 0 aliphatic carbocycles. The van der Waals surface area contributed by atoms with Crippen LogP contribution in [0.4, 0.5) is 5.82 Å². The highest BCUT2D eigenvalue weighted by atomic mass is 16.5. The van der Waals surface area contributed by atoms with E-state index in [1.807, 2.05) is 0 Å². The highest BCUT2D eigenvalue weighted by Crippen LogP contribution is 2.28. The van der Waals surface area contributed by atoms with E-state index in [2.05, 4.69) is 26.8 Å². The molecule has 1 aliphatic heterocycles. The van der Waals surface area contributed by atoms with Gasteiger partial charge < -0.3 is 14.5 Å². The summed E-state index contributed by atoms with van der Waals surface area (Å²) in [6.45, 7) is 3.78. The zero-order valence-corrected chi connectivity index (χ0v) is 12.5. The van der Waals surface area contributed by atoms with Crippen molar-refractivity contribution in [2.45, 2.75) is 0 Å². The molecule has 1 saturated heterocycles. The van der Waals surface area contributed by atoms with Gasteiger partial charge in [-0.3, -0.25) is 4.79 Å². The molecule has 1 aromatic carbocycles. The van der Waals surface area contributed by atoms with Gasteiger partial charge in [-0.15, -0.1) is 0 Å². The van der Waals surface area contributed by atoms with Gasteiger partial charge in [0.1, 0.15) is 12.0 Å². The number of aldehydes is 1. The Labute approximate surface area is 129 Å². The van der Waals surface area contributed by atoms with Gasteiger partial charge in [0.15, 0.2) is 5.82 Å². The molecule has 0 spiro atoms. The molecule has 1 aliphatic rings. The molecule has 0 N–H and O–H groups in total. The lowest BCUT2D eigenvalue weighted by Gasteiger charge is -2.33. The monoisotopic (exact) mass is 298 g/mol. The van der Waals surface area contributed by atoms with E-state index in [-0.39, 0.29) is 0 Å². The molecular formula is C16H18N4O2. The van der Waals surface area contributed by atoms with Crippen molar-refractivity contribution in [2.24, 2.45) is 0 Å². The number of carbonyl (C=O) groups is 1. The SMILES string of the molecule is CN1CCN(c2nccnc2Oc2ccc(C=O)cc2)CC1. The van der Waals surface area contributed by atoms with Crippen LogP contribution >= 0.6 is 0 Å². The average Bonchev–Trinajstić information content (AvgIpc) is 2.57. The van der Waals surface area contributed by atoms with Crippen LogP contribution in [0.2, 0.25) is 0 Å². The third-order valence-corrected chi connectivity index (χ3v) is 3.68. The number of ether oxygens (including phenoxy) is 1. The molecule has 2 aromatic rings. The molecule has 0 atom stereocenters. The van der Waals surface area contributed by atoms with Crippen LogP contribution < -0.4 is 9.64 Å². The summed E-state index contributed by atoms with van der Waals surface area (Å²) in [6.07, 6.45) is 4.10. The number of hydrogen-bond donors (Lipinski definition) is 0. The van der Waals surface area contributed by atoms with E-state index in [0.29, 0.717) is 17.2 Å². The number of benzene rings is 1. The fourth-order valence-electron chi connectivity index (χ4n) is 2.35. The van der Waals surface area contributed by atoms with E-state index in [1.54, 1.807) is 36.7 Å². The Morgan fingerprint density at radius 3 is 2.41 bits per heavy atom. The Balaban J connectivity index is 1.79. The summed E-state index contributed by atoms with van der Waals surface area (Å²) < 4.78 is 5.84. The molecular weight excluding hydrogens is 280 g/mol. The Hall–Kier alpha value is -2.47. The van der Waals surface area contributed by atoms with Gasteiger partial charge in [-0.2, -0.15) is 0 Å². The number of likely N-dealkylation sites (N-methyl/N-ethyl adjacent to an activating group) is 1. The van der Waals surface area contributed by atoms with Crippen LogP contribution in [0.25, 0.3) is 0 Å². The summed E-state index contributed by atoms with van der Waals surface area (Å²) in [5.74, 6) is 1.89. The highest BCUT2D eigenvalue weighted by molar-refractivity contribution is 5.74. The van der Waals surface area contributed by atoms with E-state index in [9.17, 15) is 4.79 Å². The molecule has 0 amide bonds. The summed E-state index contributed by atoms with van der Waals surface area (Å²) in [5, 5.41) is 0. The van der Waals surface area contributed by atoms with Gasteiger partial charge in [0.25, 0.3) is 5.88 Å². The maximum Gasteiger partial charge on any atom is 0.263 e. The van der Waals surface area contributed by atoms with Gasteiger partial charge >= 0.3 is 0 Å². The van der Waals surface area contributed by atoms with E-state index >= 15 is 0 Å². The first-order valence-electron chi connectivity index (χ1n) is 7.24. The van der Waals surface area contributed by atoms with Gasteiger partial charge in [0.05, 0.1) is 0 Å². The topological polar surface area (TPSA) is 58.6 Å². The van der Waals surface area contributed by atoms with Gasteiger partial charge in [-0.05, 0) is 31.3 Å². The molecule has 22 heavy (non-hydrogen) atoms. The number of hydrogen-bond acceptors (Lipinski definition) is 6. The molecule has 0 bridgehead atoms. The first-order chi connectivity index (χ1) is 10.8. The number of carbonyl (C=O) groups excluding carboxylic acids is 1. The third kappa shape index (κ3) is 3.23. The molecule has 114 valence electrons. The largest absolute Gasteiger partial charge is 0.436 e.